The molecule has 260 valence electrons. The molecule has 1 heterocycles. The summed E-state index contributed by atoms with van der Waals surface area (Å²) in [4.78, 5) is 13.8. The second kappa shape index (κ2) is 16.7. The summed E-state index contributed by atoms with van der Waals surface area (Å²) in [5.74, 6) is 0.564. The van der Waals surface area contributed by atoms with Crippen LogP contribution in [0.1, 0.15) is 34.6 Å². The van der Waals surface area contributed by atoms with Crippen LogP contribution in [0.25, 0.3) is 21.5 Å². The van der Waals surface area contributed by atoms with Crippen molar-refractivity contribution in [3.63, 3.8) is 0 Å². The van der Waals surface area contributed by atoms with Crippen LogP contribution >= 0.6 is 0 Å². The number of amides is 1. The molecule has 0 spiro atoms. The molecule has 1 fully saturated rings. The molecule has 0 radical (unpaired) electrons. The van der Waals surface area contributed by atoms with Crippen molar-refractivity contribution < 1.29 is 28.8 Å². The van der Waals surface area contributed by atoms with Gasteiger partial charge in [-0.1, -0.05) is 115 Å². The normalized spacial score (nSPS) is 17.5. The van der Waals surface area contributed by atoms with Gasteiger partial charge in [0, 0.05) is 12.3 Å². The minimum atomic E-state index is -0.983. The number of piperidine rings is 1. The Hall–Kier alpha value is -5.21. The van der Waals surface area contributed by atoms with E-state index in [1.165, 1.54) is 4.90 Å². The van der Waals surface area contributed by atoms with Gasteiger partial charge in [-0.2, -0.15) is 0 Å². The quantitative estimate of drug-likeness (QED) is 0.116. The first-order chi connectivity index (χ1) is 25.1. The van der Waals surface area contributed by atoms with Gasteiger partial charge in [0.25, 0.3) is 0 Å². The topological polar surface area (TPSA) is 77.5 Å². The van der Waals surface area contributed by atoms with E-state index in [0.717, 1.165) is 56.0 Å². The molecule has 0 bridgehead atoms. The van der Waals surface area contributed by atoms with Crippen LogP contribution in [0.5, 0.6) is 5.75 Å². The summed E-state index contributed by atoms with van der Waals surface area (Å²) < 4.78 is 25.1. The van der Waals surface area contributed by atoms with Crippen molar-refractivity contribution in [2.75, 3.05) is 26.3 Å². The molecule has 0 saturated carbocycles. The number of carboxylic acid groups (broad SMARTS) is 1. The Morgan fingerprint density at radius 2 is 1.14 bits per heavy atom. The lowest BCUT2D eigenvalue weighted by Gasteiger charge is -2.42. The summed E-state index contributed by atoms with van der Waals surface area (Å²) >= 11 is 0. The molecule has 1 aliphatic heterocycles. The highest BCUT2D eigenvalue weighted by atomic mass is 16.5. The molecular formula is C44H43NO6. The number of hydrogen-bond acceptors (Lipinski definition) is 5. The van der Waals surface area contributed by atoms with Crippen molar-refractivity contribution in [2.24, 2.45) is 0 Å². The molecule has 7 heteroatoms. The van der Waals surface area contributed by atoms with E-state index in [4.69, 9.17) is 18.9 Å². The molecule has 1 N–H and O–H groups in total. The predicted octanol–water partition coefficient (Wildman–Crippen LogP) is 9.23. The van der Waals surface area contributed by atoms with E-state index in [-0.39, 0.29) is 19.0 Å². The molecule has 2 atom stereocenters. The minimum absolute atomic E-state index is 0.207. The minimum Gasteiger partial charge on any atom is -0.494 e. The molecule has 0 aliphatic carbocycles. The van der Waals surface area contributed by atoms with Crippen molar-refractivity contribution in [1.82, 2.24) is 4.90 Å². The molecule has 6 aromatic rings. The highest BCUT2D eigenvalue weighted by Gasteiger charge is 2.41. The molecular weight excluding hydrogens is 638 g/mol. The maximum Gasteiger partial charge on any atom is 0.407 e. The van der Waals surface area contributed by atoms with Gasteiger partial charge in [0.1, 0.15) is 5.75 Å². The van der Waals surface area contributed by atoms with Crippen LogP contribution in [-0.4, -0.2) is 54.6 Å². The fraction of sp³-hybridized carbons (Fsp3) is 0.250. The Bertz CT molecular complexity index is 1940. The third kappa shape index (κ3) is 8.94. The summed E-state index contributed by atoms with van der Waals surface area (Å²) in [6.07, 6.45) is -1.08. The number of carbonyl (C=O) groups is 1. The standard InChI is InChI=1S/C44H43NO6/c46-44(47)45-27-41(50-30-33-15-17-35-11-4-6-13-38(35)25-33)43(42(28-45)51-31-34-16-18-36-12-5-7-14-39(36)26-34)37-19-21-40(22-20-37)49-24-8-23-48-29-32-9-2-1-3-10-32/h1-7,9-22,25-26,41-43H,8,23-24,27-31H2,(H,46,47). The number of benzene rings is 6. The summed E-state index contributed by atoms with van der Waals surface area (Å²) in [6, 6.07) is 47.3. The van der Waals surface area contributed by atoms with E-state index in [1.807, 2.05) is 54.6 Å². The van der Waals surface area contributed by atoms with Gasteiger partial charge >= 0.3 is 6.09 Å². The zero-order valence-electron chi connectivity index (χ0n) is 28.6. The second-order valence-electron chi connectivity index (χ2n) is 13.1. The highest BCUT2D eigenvalue weighted by Crippen LogP contribution is 2.35. The van der Waals surface area contributed by atoms with Crippen molar-refractivity contribution in [3.05, 3.63) is 162 Å². The van der Waals surface area contributed by atoms with E-state index in [9.17, 15) is 9.90 Å². The lowest BCUT2D eigenvalue weighted by Crippen LogP contribution is -2.54. The molecule has 7 rings (SSSR count). The van der Waals surface area contributed by atoms with E-state index < -0.39 is 18.3 Å². The molecule has 0 aromatic heterocycles. The summed E-state index contributed by atoms with van der Waals surface area (Å²) in [5.41, 5.74) is 4.24. The molecule has 1 amide bonds. The van der Waals surface area contributed by atoms with Crippen LogP contribution < -0.4 is 4.74 Å². The van der Waals surface area contributed by atoms with E-state index >= 15 is 0 Å². The van der Waals surface area contributed by atoms with Crippen molar-refractivity contribution in [2.45, 2.75) is 44.4 Å². The Morgan fingerprint density at radius 1 is 0.588 bits per heavy atom. The largest absolute Gasteiger partial charge is 0.494 e. The first-order valence-corrected chi connectivity index (χ1v) is 17.6. The zero-order chi connectivity index (χ0) is 34.8. The van der Waals surface area contributed by atoms with Gasteiger partial charge < -0.3 is 29.0 Å². The smallest absolute Gasteiger partial charge is 0.407 e. The lowest BCUT2D eigenvalue weighted by molar-refractivity contribution is -0.0937. The molecule has 6 aromatic carbocycles. The summed E-state index contributed by atoms with van der Waals surface area (Å²) in [7, 11) is 0. The van der Waals surface area contributed by atoms with E-state index in [0.29, 0.717) is 33.0 Å². The average molecular weight is 682 g/mol. The number of likely N-dealkylation sites (tertiary alicyclic amines) is 1. The number of rotatable bonds is 14. The molecule has 7 nitrogen and oxygen atoms in total. The Kier molecular flexibility index (Phi) is 11.2. The van der Waals surface area contributed by atoms with Crippen LogP contribution in [0.2, 0.25) is 0 Å². The average Bonchev–Trinajstić information content (AvgIpc) is 3.18. The van der Waals surface area contributed by atoms with Crippen LogP contribution in [0.15, 0.2) is 140 Å². The summed E-state index contributed by atoms with van der Waals surface area (Å²) in [6.45, 7) is 2.93. The highest BCUT2D eigenvalue weighted by molar-refractivity contribution is 5.83. The third-order valence-corrected chi connectivity index (χ3v) is 9.51. The monoisotopic (exact) mass is 681 g/mol. The van der Waals surface area contributed by atoms with Gasteiger partial charge in [-0.15, -0.1) is 0 Å². The van der Waals surface area contributed by atoms with Gasteiger partial charge in [0.15, 0.2) is 0 Å². The van der Waals surface area contributed by atoms with Gasteiger partial charge in [-0.3, -0.25) is 0 Å². The van der Waals surface area contributed by atoms with Crippen molar-refractivity contribution in [3.8, 4) is 5.75 Å². The van der Waals surface area contributed by atoms with Crippen molar-refractivity contribution >= 4 is 27.6 Å². The van der Waals surface area contributed by atoms with Gasteiger partial charge in [-0.05, 0) is 68.1 Å². The number of hydrogen-bond donors (Lipinski definition) is 1. The van der Waals surface area contributed by atoms with Crippen LogP contribution in [0, 0.1) is 0 Å². The SMILES string of the molecule is O=C(O)N1CC(OCc2ccc3ccccc3c2)C(c2ccc(OCCCOCc3ccccc3)cc2)C(OCc2ccc3ccccc3c2)C1. The van der Waals surface area contributed by atoms with Crippen LogP contribution in [0.3, 0.4) is 0 Å². The maximum atomic E-state index is 12.4. The Balaban J connectivity index is 1.06. The first kappa shape index (κ1) is 34.2. The van der Waals surface area contributed by atoms with E-state index in [2.05, 4.69) is 84.9 Å². The predicted molar refractivity (Wildman–Crippen MR) is 200 cm³/mol. The molecule has 1 saturated heterocycles. The molecule has 51 heavy (non-hydrogen) atoms. The maximum absolute atomic E-state index is 12.4. The zero-order valence-corrected chi connectivity index (χ0v) is 28.6. The first-order valence-electron chi connectivity index (χ1n) is 17.6. The number of fused-ring (bicyclic) bond motifs is 2. The second-order valence-corrected chi connectivity index (χ2v) is 13.1. The van der Waals surface area contributed by atoms with E-state index in [1.54, 1.807) is 0 Å². The van der Waals surface area contributed by atoms with Gasteiger partial charge in [-0.25, -0.2) is 4.79 Å². The fourth-order valence-electron chi connectivity index (χ4n) is 6.84. The van der Waals surface area contributed by atoms with Gasteiger partial charge in [0.05, 0.1) is 58.3 Å². The Morgan fingerprint density at radius 3 is 1.71 bits per heavy atom. The fourth-order valence-corrected chi connectivity index (χ4v) is 6.84. The van der Waals surface area contributed by atoms with Crippen LogP contribution in [-0.2, 0) is 34.0 Å². The molecule has 1 aliphatic rings. The summed E-state index contributed by atoms with van der Waals surface area (Å²) in [5, 5.41) is 14.8. The van der Waals surface area contributed by atoms with Crippen molar-refractivity contribution in [1.29, 1.82) is 0 Å². The number of ether oxygens (including phenoxy) is 4. The number of nitrogens with zero attached hydrogens (tertiary/aromatic N) is 1. The van der Waals surface area contributed by atoms with Crippen LogP contribution in [0.4, 0.5) is 4.79 Å². The van der Waals surface area contributed by atoms with Gasteiger partial charge in [0.2, 0.25) is 0 Å². The third-order valence-electron chi connectivity index (χ3n) is 9.51. The Labute approximate surface area is 299 Å². The lowest BCUT2D eigenvalue weighted by atomic mass is 9.84. The molecule has 2 unspecified atom stereocenters.